The third kappa shape index (κ3) is 6.02. The molecule has 1 N–H and O–H groups in total. The zero-order chi connectivity index (χ0) is 20.8. The number of anilines is 1. The maximum absolute atomic E-state index is 12.1. The van der Waals surface area contributed by atoms with E-state index in [0.29, 0.717) is 5.75 Å². The second-order valence-corrected chi connectivity index (χ2v) is 7.77. The molecular weight excluding hydrogens is 384 g/mol. The molecular formula is C23H28N2O3S. The van der Waals surface area contributed by atoms with Crippen LogP contribution in [0.4, 0.5) is 5.69 Å². The summed E-state index contributed by atoms with van der Waals surface area (Å²) in [7, 11) is 0. The van der Waals surface area contributed by atoms with Crippen molar-refractivity contribution >= 4 is 28.8 Å². The van der Waals surface area contributed by atoms with E-state index in [1.165, 1.54) is 5.56 Å². The number of amides is 1. The van der Waals surface area contributed by atoms with Gasteiger partial charge in [0.2, 0.25) is 0 Å². The number of nitrogens with zero attached hydrogens (tertiary/aromatic N) is 1. The van der Waals surface area contributed by atoms with Crippen molar-refractivity contribution in [1.82, 2.24) is 4.90 Å². The summed E-state index contributed by atoms with van der Waals surface area (Å²) in [4.78, 5) is 15.1. The Labute approximate surface area is 178 Å². The van der Waals surface area contributed by atoms with Crippen LogP contribution in [0.3, 0.4) is 0 Å². The lowest BCUT2D eigenvalue weighted by Crippen LogP contribution is -2.47. The highest BCUT2D eigenvalue weighted by Gasteiger charge is 2.24. The lowest BCUT2D eigenvalue weighted by atomic mass is 10.1. The lowest BCUT2D eigenvalue weighted by molar-refractivity contribution is -0.118. The highest BCUT2D eigenvalue weighted by molar-refractivity contribution is 7.80. The summed E-state index contributed by atoms with van der Waals surface area (Å²) in [5.41, 5.74) is 2.97. The number of benzene rings is 2. The highest BCUT2D eigenvalue weighted by atomic mass is 32.1. The number of hydrogen-bond donors (Lipinski definition) is 1. The van der Waals surface area contributed by atoms with E-state index in [9.17, 15) is 4.79 Å². The molecule has 0 saturated carbocycles. The molecule has 2 aromatic carbocycles. The van der Waals surface area contributed by atoms with Crippen LogP contribution < -0.4 is 10.1 Å². The van der Waals surface area contributed by atoms with Crippen molar-refractivity contribution in [3.63, 3.8) is 0 Å². The number of ether oxygens (including phenoxy) is 2. The van der Waals surface area contributed by atoms with Crippen LogP contribution >= 0.6 is 12.2 Å². The van der Waals surface area contributed by atoms with Gasteiger partial charge < -0.3 is 19.7 Å². The molecule has 0 unspecified atom stereocenters. The van der Waals surface area contributed by atoms with Crippen LogP contribution in [-0.4, -0.2) is 47.7 Å². The van der Waals surface area contributed by atoms with Gasteiger partial charge in [0.15, 0.2) is 6.61 Å². The van der Waals surface area contributed by atoms with Crippen LogP contribution in [0.15, 0.2) is 48.5 Å². The maximum Gasteiger partial charge on any atom is 0.262 e. The average Bonchev–Trinajstić information content (AvgIpc) is 2.72. The molecule has 0 aliphatic carbocycles. The Balaban J connectivity index is 1.50. The van der Waals surface area contributed by atoms with E-state index in [1.807, 2.05) is 48.5 Å². The van der Waals surface area contributed by atoms with Crippen LogP contribution in [0.5, 0.6) is 5.75 Å². The fraction of sp³-hybridized carbons (Fsp3) is 0.391. The van der Waals surface area contributed by atoms with E-state index in [4.69, 9.17) is 21.7 Å². The van der Waals surface area contributed by atoms with Crippen molar-refractivity contribution in [1.29, 1.82) is 0 Å². The summed E-state index contributed by atoms with van der Waals surface area (Å²) in [5.74, 6) is 0.446. The molecule has 29 heavy (non-hydrogen) atoms. The summed E-state index contributed by atoms with van der Waals surface area (Å²) in [6, 6.07) is 15.4. The molecule has 1 aliphatic heterocycles. The van der Waals surface area contributed by atoms with Gasteiger partial charge in [-0.1, -0.05) is 31.3 Å². The summed E-state index contributed by atoms with van der Waals surface area (Å²) in [6.07, 6.45) is 1.30. The van der Waals surface area contributed by atoms with E-state index in [1.54, 1.807) is 0 Å². The number of morpholine rings is 1. The van der Waals surface area contributed by atoms with Crippen LogP contribution in [0, 0.1) is 0 Å². The van der Waals surface area contributed by atoms with Gasteiger partial charge in [-0.3, -0.25) is 4.79 Å². The van der Waals surface area contributed by atoms with E-state index < -0.39 is 0 Å². The second kappa shape index (κ2) is 9.85. The lowest BCUT2D eigenvalue weighted by Gasteiger charge is -2.37. The van der Waals surface area contributed by atoms with Crippen molar-refractivity contribution in [2.75, 3.05) is 25.0 Å². The standard InChI is InChI=1S/C23H28N2O3S/c1-4-18-5-9-20(10-6-18)24-22(26)15-27-21-11-7-19(8-12-21)23(29)25-13-16(2)28-17(3)14-25/h5-12,16-17H,4,13-15H2,1-3H3,(H,24,26)/t16-,17+. The predicted octanol–water partition coefficient (Wildman–Crippen LogP) is 4.05. The normalized spacial score (nSPS) is 18.9. The van der Waals surface area contributed by atoms with Crippen molar-refractivity contribution in [3.8, 4) is 5.75 Å². The quantitative estimate of drug-likeness (QED) is 0.726. The Morgan fingerprint density at radius 2 is 1.72 bits per heavy atom. The third-order valence-corrected chi connectivity index (χ3v) is 5.32. The van der Waals surface area contributed by atoms with Gasteiger partial charge in [0.25, 0.3) is 5.91 Å². The molecule has 2 atom stereocenters. The monoisotopic (exact) mass is 412 g/mol. The van der Waals surface area contributed by atoms with Crippen molar-refractivity contribution in [2.45, 2.75) is 39.4 Å². The molecule has 6 heteroatoms. The SMILES string of the molecule is CCc1ccc(NC(=O)COc2ccc(C(=S)N3C[C@@H](C)O[C@@H](C)C3)cc2)cc1. The minimum absolute atomic E-state index is 0.0438. The molecule has 0 bridgehead atoms. The third-order valence-electron chi connectivity index (χ3n) is 4.82. The topological polar surface area (TPSA) is 50.8 Å². The number of rotatable bonds is 6. The van der Waals surface area contributed by atoms with Crippen LogP contribution in [0.2, 0.25) is 0 Å². The second-order valence-electron chi connectivity index (χ2n) is 7.38. The molecule has 0 spiro atoms. The van der Waals surface area contributed by atoms with Gasteiger partial charge in [-0.2, -0.15) is 0 Å². The smallest absolute Gasteiger partial charge is 0.262 e. The van der Waals surface area contributed by atoms with Gasteiger partial charge in [-0.05, 0) is 62.2 Å². The zero-order valence-corrected chi connectivity index (χ0v) is 18.0. The van der Waals surface area contributed by atoms with Gasteiger partial charge in [0.05, 0.1) is 12.2 Å². The van der Waals surface area contributed by atoms with E-state index >= 15 is 0 Å². The van der Waals surface area contributed by atoms with Crippen molar-refractivity contribution in [2.24, 2.45) is 0 Å². The number of carbonyl (C=O) groups is 1. The summed E-state index contributed by atoms with van der Waals surface area (Å²) in [5, 5.41) is 2.84. The first-order chi connectivity index (χ1) is 13.9. The van der Waals surface area contributed by atoms with Crippen molar-refractivity contribution in [3.05, 3.63) is 59.7 Å². The molecule has 1 aliphatic rings. The molecule has 1 amide bonds. The van der Waals surface area contributed by atoms with Crippen LogP contribution in [0.25, 0.3) is 0 Å². The molecule has 1 heterocycles. The summed E-state index contributed by atoms with van der Waals surface area (Å²) >= 11 is 5.65. The Morgan fingerprint density at radius 1 is 1.10 bits per heavy atom. The molecule has 0 aromatic heterocycles. The minimum atomic E-state index is -0.190. The summed E-state index contributed by atoms with van der Waals surface area (Å²) < 4.78 is 11.4. The van der Waals surface area contributed by atoms with Gasteiger partial charge in [-0.15, -0.1) is 0 Å². The summed E-state index contributed by atoms with van der Waals surface area (Å²) in [6.45, 7) is 7.76. The average molecular weight is 413 g/mol. The first-order valence-electron chi connectivity index (χ1n) is 10.0. The molecule has 1 saturated heterocycles. The first-order valence-corrected chi connectivity index (χ1v) is 10.4. The molecule has 2 aromatic rings. The Bertz CT molecular complexity index is 826. The number of thiocarbonyl (C=S) groups is 1. The fourth-order valence-electron chi connectivity index (χ4n) is 3.39. The van der Waals surface area contributed by atoms with Gasteiger partial charge >= 0.3 is 0 Å². The largest absolute Gasteiger partial charge is 0.484 e. The van der Waals surface area contributed by atoms with Gasteiger partial charge in [-0.25, -0.2) is 0 Å². The number of hydrogen-bond acceptors (Lipinski definition) is 4. The fourth-order valence-corrected chi connectivity index (χ4v) is 3.67. The van der Waals surface area contributed by atoms with Crippen LogP contribution in [0.1, 0.15) is 31.9 Å². The molecule has 5 nitrogen and oxygen atoms in total. The number of nitrogens with one attached hydrogen (secondary N) is 1. The molecule has 1 fully saturated rings. The highest BCUT2D eigenvalue weighted by Crippen LogP contribution is 2.18. The molecule has 154 valence electrons. The number of carbonyl (C=O) groups excluding carboxylic acids is 1. The van der Waals surface area contributed by atoms with Crippen molar-refractivity contribution < 1.29 is 14.3 Å². The van der Waals surface area contributed by atoms with E-state index in [2.05, 4.69) is 31.0 Å². The minimum Gasteiger partial charge on any atom is -0.484 e. The molecule has 0 radical (unpaired) electrons. The Morgan fingerprint density at radius 3 is 2.31 bits per heavy atom. The van der Waals surface area contributed by atoms with Gasteiger partial charge in [0.1, 0.15) is 10.7 Å². The molecule has 3 rings (SSSR count). The van der Waals surface area contributed by atoms with E-state index in [0.717, 1.165) is 35.7 Å². The van der Waals surface area contributed by atoms with E-state index in [-0.39, 0.29) is 24.7 Å². The Hall–Kier alpha value is -2.44. The zero-order valence-electron chi connectivity index (χ0n) is 17.2. The first kappa shape index (κ1) is 21.3. The maximum atomic E-state index is 12.1. The van der Waals surface area contributed by atoms with Gasteiger partial charge in [0, 0.05) is 24.3 Å². The predicted molar refractivity (Wildman–Crippen MR) is 120 cm³/mol. The number of aryl methyl sites for hydroxylation is 1. The Kier molecular flexibility index (Phi) is 7.23. The van der Waals surface area contributed by atoms with Crippen LogP contribution in [-0.2, 0) is 16.0 Å².